The molecule has 3 aromatic rings. The van der Waals surface area contributed by atoms with Gasteiger partial charge in [-0.15, -0.1) is 0 Å². The van der Waals surface area contributed by atoms with E-state index in [9.17, 15) is 4.79 Å². The van der Waals surface area contributed by atoms with Crippen molar-refractivity contribution in [2.75, 3.05) is 0 Å². The molecule has 3 heterocycles. The van der Waals surface area contributed by atoms with E-state index in [-0.39, 0.29) is 17.9 Å². The zero-order chi connectivity index (χ0) is 16.6. The van der Waals surface area contributed by atoms with Crippen LogP contribution in [0.2, 0.25) is 5.02 Å². The van der Waals surface area contributed by atoms with E-state index in [0.717, 1.165) is 5.56 Å². The van der Waals surface area contributed by atoms with Gasteiger partial charge in [-0.2, -0.15) is 10.2 Å². The third-order valence-corrected chi connectivity index (χ3v) is 4.08. The molecule has 0 aliphatic rings. The molecule has 23 heavy (non-hydrogen) atoms. The molecule has 1 N–H and O–H groups in total. The number of fused-ring (bicyclic) bond motifs is 1. The molecule has 3 aromatic heterocycles. The average Bonchev–Trinajstić information content (AvgIpc) is 3.11. The van der Waals surface area contributed by atoms with Crippen LogP contribution in [0.1, 0.15) is 35.8 Å². The third-order valence-electron chi connectivity index (χ3n) is 3.77. The van der Waals surface area contributed by atoms with Crippen LogP contribution in [0.15, 0.2) is 36.9 Å². The fraction of sp³-hybridized carbons (Fsp3) is 0.312. The lowest BCUT2D eigenvalue weighted by molar-refractivity contribution is 0.0927. The van der Waals surface area contributed by atoms with Crippen LogP contribution in [0.5, 0.6) is 0 Å². The molecule has 0 aliphatic carbocycles. The van der Waals surface area contributed by atoms with Crippen molar-refractivity contribution in [2.45, 2.75) is 19.9 Å². The van der Waals surface area contributed by atoms with Crippen molar-refractivity contribution < 1.29 is 4.79 Å². The van der Waals surface area contributed by atoms with Gasteiger partial charge >= 0.3 is 0 Å². The van der Waals surface area contributed by atoms with Gasteiger partial charge in [0.1, 0.15) is 0 Å². The molecule has 0 spiro atoms. The lowest BCUT2D eigenvalue weighted by Crippen LogP contribution is -2.31. The van der Waals surface area contributed by atoms with Crippen molar-refractivity contribution in [1.82, 2.24) is 24.7 Å². The monoisotopic (exact) mass is 331 g/mol. The van der Waals surface area contributed by atoms with E-state index in [2.05, 4.69) is 29.4 Å². The molecular weight excluding hydrogens is 314 g/mol. The summed E-state index contributed by atoms with van der Waals surface area (Å²) in [5.41, 5.74) is 2.05. The maximum atomic E-state index is 12.7. The summed E-state index contributed by atoms with van der Waals surface area (Å²) in [5.74, 6) is 0.0242. The number of aryl methyl sites for hydroxylation is 1. The van der Waals surface area contributed by atoms with Gasteiger partial charge in [0.25, 0.3) is 5.91 Å². The lowest BCUT2D eigenvalue weighted by Gasteiger charge is -2.21. The SMILES string of the molecule is CC(C)C(NC(=O)c1cnn2cccc(Cl)c12)c1cnn(C)c1. The van der Waals surface area contributed by atoms with Gasteiger partial charge in [0.2, 0.25) is 0 Å². The summed E-state index contributed by atoms with van der Waals surface area (Å²) in [5, 5.41) is 11.9. The minimum Gasteiger partial charge on any atom is -0.345 e. The second-order valence-corrected chi connectivity index (χ2v) is 6.26. The first kappa shape index (κ1) is 15.6. The van der Waals surface area contributed by atoms with Gasteiger partial charge in [-0.25, -0.2) is 4.52 Å². The van der Waals surface area contributed by atoms with Gasteiger partial charge < -0.3 is 5.32 Å². The third kappa shape index (κ3) is 2.94. The molecule has 0 bridgehead atoms. The Morgan fingerprint density at radius 3 is 2.74 bits per heavy atom. The van der Waals surface area contributed by atoms with E-state index in [4.69, 9.17) is 11.6 Å². The fourth-order valence-corrected chi connectivity index (χ4v) is 2.88. The number of halogens is 1. The van der Waals surface area contributed by atoms with E-state index in [0.29, 0.717) is 16.1 Å². The Balaban J connectivity index is 1.92. The number of pyridine rings is 1. The number of carbonyl (C=O) groups is 1. The van der Waals surface area contributed by atoms with E-state index in [1.54, 1.807) is 33.7 Å². The summed E-state index contributed by atoms with van der Waals surface area (Å²) in [6.45, 7) is 4.11. The number of rotatable bonds is 4. The first-order valence-electron chi connectivity index (χ1n) is 7.38. The number of hydrogen-bond donors (Lipinski definition) is 1. The summed E-state index contributed by atoms with van der Waals surface area (Å²) in [7, 11) is 1.85. The van der Waals surface area contributed by atoms with Crippen molar-refractivity contribution in [2.24, 2.45) is 13.0 Å². The van der Waals surface area contributed by atoms with Crippen molar-refractivity contribution >= 4 is 23.0 Å². The molecule has 7 heteroatoms. The summed E-state index contributed by atoms with van der Waals surface area (Å²) in [6.07, 6.45) is 6.98. The number of nitrogens with one attached hydrogen (secondary N) is 1. The molecule has 1 unspecified atom stereocenters. The average molecular weight is 332 g/mol. The van der Waals surface area contributed by atoms with E-state index in [1.165, 1.54) is 6.20 Å². The molecule has 0 saturated heterocycles. The van der Waals surface area contributed by atoms with Gasteiger partial charge in [0.05, 0.1) is 34.5 Å². The highest BCUT2D eigenvalue weighted by Gasteiger charge is 2.23. The molecule has 0 aromatic carbocycles. The van der Waals surface area contributed by atoms with Crippen LogP contribution in [0.3, 0.4) is 0 Å². The molecule has 0 aliphatic heterocycles. The van der Waals surface area contributed by atoms with Crippen LogP contribution < -0.4 is 5.32 Å². The fourth-order valence-electron chi connectivity index (χ4n) is 2.62. The van der Waals surface area contributed by atoms with Gasteiger partial charge in [0.15, 0.2) is 0 Å². The maximum Gasteiger partial charge on any atom is 0.255 e. The molecule has 0 radical (unpaired) electrons. The van der Waals surface area contributed by atoms with Gasteiger partial charge in [-0.05, 0) is 18.1 Å². The molecule has 1 amide bonds. The Hall–Kier alpha value is -2.34. The molecule has 1 atom stereocenters. The highest BCUT2D eigenvalue weighted by molar-refractivity contribution is 6.34. The number of hydrogen-bond acceptors (Lipinski definition) is 3. The smallest absolute Gasteiger partial charge is 0.255 e. The van der Waals surface area contributed by atoms with Crippen molar-refractivity contribution in [3.8, 4) is 0 Å². The number of nitrogens with zero attached hydrogens (tertiary/aromatic N) is 4. The molecule has 120 valence electrons. The minimum absolute atomic E-state index is 0.131. The second kappa shape index (κ2) is 6.04. The van der Waals surface area contributed by atoms with E-state index >= 15 is 0 Å². The van der Waals surface area contributed by atoms with E-state index < -0.39 is 0 Å². The normalized spacial score (nSPS) is 12.7. The highest BCUT2D eigenvalue weighted by Crippen LogP contribution is 2.24. The Kier molecular flexibility index (Phi) is 4.09. The summed E-state index contributed by atoms with van der Waals surface area (Å²) >= 11 is 6.21. The Morgan fingerprint density at radius 1 is 1.30 bits per heavy atom. The lowest BCUT2D eigenvalue weighted by atomic mass is 9.98. The largest absolute Gasteiger partial charge is 0.345 e. The summed E-state index contributed by atoms with van der Waals surface area (Å²) in [6, 6.07) is 3.40. The van der Waals surface area contributed by atoms with Gasteiger partial charge in [-0.1, -0.05) is 25.4 Å². The van der Waals surface area contributed by atoms with Crippen LogP contribution in [-0.4, -0.2) is 25.3 Å². The Bertz CT molecular complexity index is 851. The van der Waals surface area contributed by atoms with Crippen molar-refractivity contribution in [1.29, 1.82) is 0 Å². The quantitative estimate of drug-likeness (QED) is 0.799. The van der Waals surface area contributed by atoms with Crippen molar-refractivity contribution in [3.63, 3.8) is 0 Å². The predicted molar refractivity (Wildman–Crippen MR) is 88.5 cm³/mol. The standard InChI is InChI=1S/C16H18ClN5O/c1-10(2)14(11-7-18-21(3)9-11)20-16(23)12-8-19-22-6-4-5-13(17)15(12)22/h4-10,14H,1-3H3,(H,20,23). The van der Waals surface area contributed by atoms with Crippen LogP contribution in [0.4, 0.5) is 0 Å². The number of carbonyl (C=O) groups excluding carboxylic acids is 1. The molecule has 6 nitrogen and oxygen atoms in total. The van der Waals surface area contributed by atoms with Crippen molar-refractivity contribution in [3.05, 3.63) is 53.1 Å². The zero-order valence-electron chi connectivity index (χ0n) is 13.2. The van der Waals surface area contributed by atoms with Crippen LogP contribution >= 0.6 is 11.6 Å². The Morgan fingerprint density at radius 2 is 2.09 bits per heavy atom. The second-order valence-electron chi connectivity index (χ2n) is 5.85. The molecular formula is C16H18ClN5O. The van der Waals surface area contributed by atoms with Gasteiger partial charge in [-0.3, -0.25) is 9.48 Å². The molecule has 0 fully saturated rings. The van der Waals surface area contributed by atoms with Crippen LogP contribution in [-0.2, 0) is 7.05 Å². The topological polar surface area (TPSA) is 64.2 Å². The molecule has 0 saturated carbocycles. The molecule has 3 rings (SSSR count). The van der Waals surface area contributed by atoms with Crippen LogP contribution in [0, 0.1) is 5.92 Å². The minimum atomic E-state index is -0.198. The first-order valence-corrected chi connectivity index (χ1v) is 7.76. The number of aromatic nitrogens is 4. The first-order chi connectivity index (χ1) is 11.0. The predicted octanol–water partition coefficient (Wildman–Crippen LogP) is 2.85. The highest BCUT2D eigenvalue weighted by atomic mass is 35.5. The maximum absolute atomic E-state index is 12.7. The van der Waals surface area contributed by atoms with Crippen LogP contribution in [0.25, 0.3) is 5.52 Å². The number of amides is 1. The van der Waals surface area contributed by atoms with E-state index in [1.807, 2.05) is 13.2 Å². The summed E-state index contributed by atoms with van der Waals surface area (Å²) in [4.78, 5) is 12.7. The summed E-state index contributed by atoms with van der Waals surface area (Å²) < 4.78 is 3.33. The van der Waals surface area contributed by atoms with Gasteiger partial charge in [0, 0.05) is 25.0 Å². The zero-order valence-corrected chi connectivity index (χ0v) is 13.9. The Labute approximate surface area is 139 Å².